The van der Waals surface area contributed by atoms with Crippen LogP contribution in [0.25, 0.3) is 0 Å². The Labute approximate surface area is 155 Å². The molecule has 0 unspecified atom stereocenters. The average molecular weight is 352 g/mol. The number of nitrogens with two attached hydrogens (primary N) is 1. The largest absolute Gasteiger partial charge is 0.490 e. The molecule has 0 bridgehead atoms. The van der Waals surface area contributed by atoms with Crippen molar-refractivity contribution in [2.24, 2.45) is 0 Å². The third kappa shape index (κ3) is 4.28. The molecule has 4 rings (SSSR count). The lowest BCUT2D eigenvalue weighted by Gasteiger charge is -2.32. The lowest BCUT2D eigenvalue weighted by atomic mass is 10.1. The Morgan fingerprint density at radius 3 is 2.42 bits per heavy atom. The third-order valence-electron chi connectivity index (χ3n) is 5.40. The van der Waals surface area contributed by atoms with Crippen LogP contribution in [0.2, 0.25) is 0 Å². The number of likely N-dealkylation sites (tertiary alicyclic amines) is 1. The second kappa shape index (κ2) is 7.96. The van der Waals surface area contributed by atoms with Crippen LogP contribution in [-0.2, 0) is 6.54 Å². The van der Waals surface area contributed by atoms with Crippen molar-refractivity contribution in [2.75, 3.05) is 36.8 Å². The van der Waals surface area contributed by atoms with Crippen molar-refractivity contribution in [3.05, 3.63) is 48.2 Å². The highest BCUT2D eigenvalue weighted by Gasteiger charge is 2.21. The number of benzene rings is 1. The highest BCUT2D eigenvalue weighted by molar-refractivity contribution is 5.49. The molecule has 0 spiro atoms. The zero-order chi connectivity index (χ0) is 17.8. The number of aromatic nitrogens is 1. The number of hydrogen-bond donors (Lipinski definition) is 1. The van der Waals surface area contributed by atoms with Gasteiger partial charge in [0.05, 0.1) is 0 Å². The number of nitrogens with zero attached hydrogens (tertiary/aromatic N) is 3. The fourth-order valence-corrected chi connectivity index (χ4v) is 3.94. The van der Waals surface area contributed by atoms with Crippen molar-refractivity contribution < 1.29 is 4.74 Å². The molecule has 2 aromatic rings. The molecule has 0 saturated carbocycles. The first-order chi connectivity index (χ1) is 12.8. The van der Waals surface area contributed by atoms with E-state index in [4.69, 9.17) is 10.5 Å². The van der Waals surface area contributed by atoms with Gasteiger partial charge in [-0.3, -0.25) is 4.90 Å². The van der Waals surface area contributed by atoms with E-state index in [9.17, 15) is 0 Å². The van der Waals surface area contributed by atoms with Crippen molar-refractivity contribution >= 4 is 11.5 Å². The molecular weight excluding hydrogens is 324 g/mol. The summed E-state index contributed by atoms with van der Waals surface area (Å²) in [5.41, 5.74) is 8.32. The van der Waals surface area contributed by atoms with Crippen LogP contribution in [0, 0.1) is 0 Å². The molecule has 138 valence electrons. The lowest BCUT2D eigenvalue weighted by Crippen LogP contribution is -2.37. The molecule has 1 aromatic carbocycles. The van der Waals surface area contributed by atoms with E-state index >= 15 is 0 Å². The van der Waals surface area contributed by atoms with Crippen molar-refractivity contribution in [2.45, 2.75) is 38.3 Å². The molecule has 5 nitrogen and oxygen atoms in total. The van der Waals surface area contributed by atoms with Gasteiger partial charge in [0.2, 0.25) is 0 Å². The van der Waals surface area contributed by atoms with Gasteiger partial charge in [-0.15, -0.1) is 0 Å². The van der Waals surface area contributed by atoms with E-state index in [2.05, 4.69) is 39.0 Å². The second-order valence-electron chi connectivity index (χ2n) is 7.37. The van der Waals surface area contributed by atoms with E-state index in [1.807, 2.05) is 12.1 Å². The van der Waals surface area contributed by atoms with Crippen LogP contribution in [0.5, 0.6) is 5.75 Å². The summed E-state index contributed by atoms with van der Waals surface area (Å²) in [5, 5.41) is 0. The lowest BCUT2D eigenvalue weighted by molar-refractivity contribution is 0.0968. The van der Waals surface area contributed by atoms with Gasteiger partial charge in [0.25, 0.3) is 0 Å². The number of pyridine rings is 1. The van der Waals surface area contributed by atoms with Crippen LogP contribution < -0.4 is 15.4 Å². The fourth-order valence-electron chi connectivity index (χ4n) is 3.94. The second-order valence-corrected chi connectivity index (χ2v) is 7.37. The van der Waals surface area contributed by atoms with Gasteiger partial charge in [0, 0.05) is 44.6 Å². The highest BCUT2D eigenvalue weighted by Crippen LogP contribution is 2.25. The first kappa shape index (κ1) is 17.2. The summed E-state index contributed by atoms with van der Waals surface area (Å²) in [7, 11) is 0. The van der Waals surface area contributed by atoms with Crippen LogP contribution in [0.3, 0.4) is 0 Å². The Bertz CT molecular complexity index is 704. The van der Waals surface area contributed by atoms with Gasteiger partial charge in [-0.05, 0) is 67.6 Å². The van der Waals surface area contributed by atoms with E-state index in [0.29, 0.717) is 11.9 Å². The molecule has 0 radical (unpaired) electrons. The predicted octanol–water partition coefficient (Wildman–Crippen LogP) is 3.31. The molecule has 3 heterocycles. The quantitative estimate of drug-likeness (QED) is 0.895. The zero-order valence-corrected chi connectivity index (χ0v) is 15.3. The maximum Gasteiger partial charge on any atom is 0.123 e. The number of anilines is 2. The molecule has 5 heteroatoms. The summed E-state index contributed by atoms with van der Waals surface area (Å²) in [4.78, 5) is 8.98. The van der Waals surface area contributed by atoms with Crippen molar-refractivity contribution in [3.63, 3.8) is 0 Å². The Morgan fingerprint density at radius 2 is 1.73 bits per heavy atom. The van der Waals surface area contributed by atoms with Crippen LogP contribution in [0.1, 0.15) is 31.2 Å². The number of piperidine rings is 1. The number of rotatable bonds is 5. The SMILES string of the molecule is Nc1cc(CN2CCC(Oc3ccc(N4CCCC4)cc3)CC2)ccn1. The third-order valence-corrected chi connectivity index (χ3v) is 5.40. The molecule has 0 aliphatic carbocycles. The summed E-state index contributed by atoms with van der Waals surface area (Å²) >= 11 is 0. The molecular formula is C21H28N4O. The predicted molar refractivity (Wildman–Crippen MR) is 105 cm³/mol. The van der Waals surface area contributed by atoms with Crippen molar-refractivity contribution in [1.82, 2.24) is 9.88 Å². The molecule has 26 heavy (non-hydrogen) atoms. The van der Waals surface area contributed by atoms with Crippen LogP contribution in [-0.4, -0.2) is 42.2 Å². The van der Waals surface area contributed by atoms with Gasteiger partial charge in [-0.2, -0.15) is 0 Å². The first-order valence-corrected chi connectivity index (χ1v) is 9.71. The molecule has 2 aliphatic rings. The Morgan fingerprint density at radius 1 is 1.00 bits per heavy atom. The van der Waals surface area contributed by atoms with E-state index in [0.717, 1.165) is 38.2 Å². The van der Waals surface area contributed by atoms with Gasteiger partial charge in [-0.1, -0.05) is 0 Å². The Kier molecular flexibility index (Phi) is 5.25. The van der Waals surface area contributed by atoms with Gasteiger partial charge in [-0.25, -0.2) is 4.98 Å². The van der Waals surface area contributed by atoms with Gasteiger partial charge in [0.1, 0.15) is 17.7 Å². The van der Waals surface area contributed by atoms with Gasteiger partial charge in [0.15, 0.2) is 0 Å². The molecule has 2 fully saturated rings. The van der Waals surface area contributed by atoms with Gasteiger partial charge >= 0.3 is 0 Å². The van der Waals surface area contributed by atoms with Gasteiger partial charge < -0.3 is 15.4 Å². The number of ether oxygens (including phenoxy) is 1. The summed E-state index contributed by atoms with van der Waals surface area (Å²) in [6, 6.07) is 12.7. The topological polar surface area (TPSA) is 54.6 Å². The highest BCUT2D eigenvalue weighted by atomic mass is 16.5. The first-order valence-electron chi connectivity index (χ1n) is 9.71. The standard InChI is InChI=1S/C21H28N4O/c22-21-15-17(7-10-23-21)16-24-13-8-20(9-14-24)26-19-5-3-18(4-6-19)25-11-1-2-12-25/h3-7,10,15,20H,1-2,8-9,11-14,16H2,(H2,22,23). The monoisotopic (exact) mass is 352 g/mol. The minimum atomic E-state index is 0.311. The Hall–Kier alpha value is -2.27. The Balaban J connectivity index is 1.25. The minimum Gasteiger partial charge on any atom is -0.490 e. The fraction of sp³-hybridized carbons (Fsp3) is 0.476. The molecule has 2 N–H and O–H groups in total. The van der Waals surface area contributed by atoms with E-state index in [1.54, 1.807) is 6.20 Å². The van der Waals surface area contributed by atoms with Crippen molar-refractivity contribution in [1.29, 1.82) is 0 Å². The molecule has 2 aliphatic heterocycles. The maximum absolute atomic E-state index is 6.22. The normalized spacial score (nSPS) is 19.0. The summed E-state index contributed by atoms with van der Waals surface area (Å²) in [6.45, 7) is 5.41. The maximum atomic E-state index is 6.22. The van der Waals surface area contributed by atoms with E-state index in [-0.39, 0.29) is 0 Å². The summed E-state index contributed by atoms with van der Waals surface area (Å²) in [6.07, 6.45) is 6.84. The van der Waals surface area contributed by atoms with Crippen LogP contribution >= 0.6 is 0 Å². The molecule has 2 saturated heterocycles. The summed E-state index contributed by atoms with van der Waals surface area (Å²) < 4.78 is 6.22. The average Bonchev–Trinajstić information content (AvgIpc) is 3.19. The molecule has 0 atom stereocenters. The smallest absolute Gasteiger partial charge is 0.123 e. The number of nitrogen functional groups attached to an aromatic ring is 1. The summed E-state index contributed by atoms with van der Waals surface area (Å²) in [5.74, 6) is 1.59. The minimum absolute atomic E-state index is 0.311. The van der Waals surface area contributed by atoms with Crippen LogP contribution in [0.4, 0.5) is 11.5 Å². The zero-order valence-electron chi connectivity index (χ0n) is 15.3. The van der Waals surface area contributed by atoms with Crippen LogP contribution in [0.15, 0.2) is 42.6 Å². The molecule has 0 amide bonds. The van der Waals surface area contributed by atoms with E-state index < -0.39 is 0 Å². The van der Waals surface area contributed by atoms with Crippen molar-refractivity contribution in [3.8, 4) is 5.75 Å². The molecule has 1 aromatic heterocycles. The number of hydrogen-bond acceptors (Lipinski definition) is 5. The van der Waals surface area contributed by atoms with E-state index in [1.165, 1.54) is 37.2 Å².